The molecule has 1 aliphatic heterocycles. The third-order valence-electron chi connectivity index (χ3n) is 3.99. The minimum Gasteiger partial charge on any atom is -0.343 e. The highest BCUT2D eigenvalue weighted by molar-refractivity contribution is 7.90. The summed E-state index contributed by atoms with van der Waals surface area (Å²) in [6, 6.07) is 3.92. The fourth-order valence-corrected chi connectivity index (χ4v) is 5.70. The normalized spacial score (nSPS) is 15.6. The van der Waals surface area contributed by atoms with Crippen LogP contribution in [0.5, 0.6) is 0 Å². The highest BCUT2D eigenvalue weighted by Crippen LogP contribution is 2.28. The Labute approximate surface area is 150 Å². The van der Waals surface area contributed by atoms with Gasteiger partial charge in [0, 0.05) is 24.9 Å². The minimum absolute atomic E-state index is 0.0455. The van der Waals surface area contributed by atoms with Gasteiger partial charge in [-0.3, -0.25) is 4.79 Å². The van der Waals surface area contributed by atoms with Crippen LogP contribution in [0.3, 0.4) is 0 Å². The number of nitrogens with zero attached hydrogens (tertiary/aromatic N) is 2. The summed E-state index contributed by atoms with van der Waals surface area (Å²) in [5.41, 5.74) is 0.564. The molecule has 3 rings (SSSR count). The lowest BCUT2D eigenvalue weighted by atomic mass is 10.1. The molecule has 0 bridgehead atoms. The van der Waals surface area contributed by atoms with Crippen molar-refractivity contribution in [2.24, 2.45) is 0 Å². The molecule has 1 fully saturated rings. The van der Waals surface area contributed by atoms with E-state index in [0.717, 1.165) is 42.2 Å². The van der Waals surface area contributed by atoms with Gasteiger partial charge >= 0.3 is 0 Å². The molecule has 5 nitrogen and oxygen atoms in total. The number of carbonyl (C=O) groups excluding carboxylic acids is 1. The van der Waals surface area contributed by atoms with E-state index in [1.54, 1.807) is 21.6 Å². The summed E-state index contributed by atoms with van der Waals surface area (Å²) in [5.74, 6) is -0.244. The molecule has 0 atom stereocenters. The number of amides is 1. The second-order valence-electron chi connectivity index (χ2n) is 5.90. The van der Waals surface area contributed by atoms with Crippen molar-refractivity contribution in [3.8, 4) is 9.88 Å². The SMILES string of the molecule is O=C(CCS(=O)(=O)Cc1csc(-c2cccs2)n1)N1CCCCC1. The number of hydrogen-bond acceptors (Lipinski definition) is 6. The van der Waals surface area contributed by atoms with Gasteiger partial charge in [0.25, 0.3) is 0 Å². The Morgan fingerprint density at radius 2 is 2.00 bits per heavy atom. The van der Waals surface area contributed by atoms with E-state index in [-0.39, 0.29) is 23.8 Å². The van der Waals surface area contributed by atoms with Gasteiger partial charge in [-0.25, -0.2) is 13.4 Å². The minimum atomic E-state index is -3.32. The lowest BCUT2D eigenvalue weighted by Gasteiger charge is -2.26. The predicted molar refractivity (Wildman–Crippen MR) is 98.0 cm³/mol. The number of hydrogen-bond donors (Lipinski definition) is 0. The van der Waals surface area contributed by atoms with Gasteiger partial charge in [0.1, 0.15) is 5.01 Å². The molecule has 0 unspecified atom stereocenters. The van der Waals surface area contributed by atoms with E-state index < -0.39 is 9.84 Å². The smallest absolute Gasteiger partial charge is 0.223 e. The summed E-state index contributed by atoms with van der Waals surface area (Å²) in [6.45, 7) is 1.52. The maximum atomic E-state index is 12.3. The summed E-state index contributed by atoms with van der Waals surface area (Å²) in [4.78, 5) is 19.3. The Morgan fingerprint density at radius 1 is 1.21 bits per heavy atom. The molecule has 0 N–H and O–H groups in total. The van der Waals surface area contributed by atoms with Gasteiger partial charge in [-0.2, -0.15) is 0 Å². The number of sulfone groups is 1. The third kappa shape index (κ3) is 4.64. The molecule has 0 aromatic carbocycles. The maximum Gasteiger partial charge on any atom is 0.223 e. The fraction of sp³-hybridized carbons (Fsp3) is 0.500. The van der Waals surface area contributed by atoms with Crippen LogP contribution in [-0.4, -0.2) is 43.1 Å². The van der Waals surface area contributed by atoms with E-state index in [0.29, 0.717) is 5.69 Å². The number of likely N-dealkylation sites (tertiary alicyclic amines) is 1. The van der Waals surface area contributed by atoms with Gasteiger partial charge in [0.15, 0.2) is 9.84 Å². The topological polar surface area (TPSA) is 67.3 Å². The molecule has 130 valence electrons. The average Bonchev–Trinajstić information content (AvgIpc) is 3.24. The molecular weight excluding hydrogens is 364 g/mol. The van der Waals surface area contributed by atoms with Crippen molar-refractivity contribution in [1.82, 2.24) is 9.88 Å². The van der Waals surface area contributed by atoms with Crippen LogP contribution in [0.2, 0.25) is 0 Å². The number of carbonyl (C=O) groups is 1. The first-order valence-corrected chi connectivity index (χ1v) is 11.6. The van der Waals surface area contributed by atoms with Gasteiger partial charge in [-0.15, -0.1) is 22.7 Å². The number of thiazole rings is 1. The average molecular weight is 385 g/mol. The van der Waals surface area contributed by atoms with Crippen molar-refractivity contribution in [2.45, 2.75) is 31.4 Å². The van der Waals surface area contributed by atoms with Crippen LogP contribution in [-0.2, 0) is 20.4 Å². The Balaban J connectivity index is 1.55. The maximum absolute atomic E-state index is 12.3. The molecule has 1 amide bonds. The number of thiophene rings is 1. The molecule has 2 aromatic heterocycles. The summed E-state index contributed by atoms with van der Waals surface area (Å²) >= 11 is 3.04. The van der Waals surface area contributed by atoms with Crippen molar-refractivity contribution < 1.29 is 13.2 Å². The Kier molecular flexibility index (Phi) is 5.68. The first-order valence-electron chi connectivity index (χ1n) is 8.00. The van der Waals surface area contributed by atoms with E-state index in [4.69, 9.17) is 0 Å². The highest BCUT2D eigenvalue weighted by atomic mass is 32.2. The van der Waals surface area contributed by atoms with Crippen molar-refractivity contribution in [3.05, 3.63) is 28.6 Å². The number of aromatic nitrogens is 1. The molecule has 24 heavy (non-hydrogen) atoms. The molecule has 8 heteroatoms. The van der Waals surface area contributed by atoms with Crippen LogP contribution in [0.4, 0.5) is 0 Å². The first-order chi connectivity index (χ1) is 11.5. The van der Waals surface area contributed by atoms with Crippen LogP contribution < -0.4 is 0 Å². The second kappa shape index (κ2) is 7.76. The van der Waals surface area contributed by atoms with Gasteiger partial charge in [-0.1, -0.05) is 6.07 Å². The first kappa shape index (κ1) is 17.6. The summed E-state index contributed by atoms with van der Waals surface area (Å²) < 4.78 is 24.6. The van der Waals surface area contributed by atoms with E-state index in [2.05, 4.69) is 4.98 Å². The molecule has 0 spiro atoms. The van der Waals surface area contributed by atoms with E-state index in [9.17, 15) is 13.2 Å². The van der Waals surface area contributed by atoms with Crippen molar-refractivity contribution >= 4 is 38.4 Å². The van der Waals surface area contributed by atoms with Crippen LogP contribution in [0.15, 0.2) is 22.9 Å². The molecule has 0 aliphatic carbocycles. The molecule has 1 aliphatic rings. The van der Waals surface area contributed by atoms with Crippen molar-refractivity contribution in [2.75, 3.05) is 18.8 Å². The Bertz CT molecular complexity index is 775. The molecular formula is C16H20N2O3S3. The highest BCUT2D eigenvalue weighted by Gasteiger charge is 2.21. The standard InChI is InChI=1S/C16H20N2O3S3/c19-15(18-7-2-1-3-8-18)6-10-24(20,21)12-13-11-23-16(17-13)14-5-4-9-22-14/h4-5,9,11H,1-3,6-8,10,12H2. The van der Waals surface area contributed by atoms with Gasteiger partial charge in [0.05, 0.1) is 22.1 Å². The zero-order valence-corrected chi connectivity index (χ0v) is 15.8. The van der Waals surface area contributed by atoms with Crippen LogP contribution in [0.1, 0.15) is 31.4 Å². The number of piperidine rings is 1. The lowest BCUT2D eigenvalue weighted by Crippen LogP contribution is -2.36. The summed E-state index contributed by atoms with van der Waals surface area (Å²) in [7, 11) is -3.32. The van der Waals surface area contributed by atoms with Gasteiger partial charge < -0.3 is 4.90 Å². The molecule has 3 heterocycles. The van der Waals surface area contributed by atoms with E-state index in [1.165, 1.54) is 11.3 Å². The molecule has 0 saturated carbocycles. The summed E-state index contributed by atoms with van der Waals surface area (Å²) in [6.07, 6.45) is 3.26. The fourth-order valence-electron chi connectivity index (χ4n) is 2.73. The van der Waals surface area contributed by atoms with E-state index >= 15 is 0 Å². The number of rotatable bonds is 6. The van der Waals surface area contributed by atoms with Crippen molar-refractivity contribution in [1.29, 1.82) is 0 Å². The van der Waals surface area contributed by atoms with E-state index in [1.807, 2.05) is 17.5 Å². The molecule has 1 saturated heterocycles. The predicted octanol–water partition coefficient (Wildman–Crippen LogP) is 3.19. The van der Waals surface area contributed by atoms with Crippen LogP contribution in [0, 0.1) is 0 Å². The van der Waals surface area contributed by atoms with Gasteiger partial charge in [-0.05, 0) is 30.7 Å². The van der Waals surface area contributed by atoms with Crippen LogP contribution in [0.25, 0.3) is 9.88 Å². The Hall–Kier alpha value is -1.25. The zero-order valence-electron chi connectivity index (χ0n) is 13.3. The second-order valence-corrected chi connectivity index (χ2v) is 9.89. The largest absolute Gasteiger partial charge is 0.343 e. The third-order valence-corrected chi connectivity index (χ3v) is 7.48. The Morgan fingerprint density at radius 3 is 2.71 bits per heavy atom. The van der Waals surface area contributed by atoms with Crippen LogP contribution >= 0.6 is 22.7 Å². The zero-order chi connectivity index (χ0) is 17.0. The summed E-state index contributed by atoms with van der Waals surface area (Å²) in [5, 5.41) is 4.61. The lowest BCUT2D eigenvalue weighted by molar-refractivity contribution is -0.131. The monoisotopic (exact) mass is 384 g/mol. The van der Waals surface area contributed by atoms with Gasteiger partial charge in [0.2, 0.25) is 5.91 Å². The quantitative estimate of drug-likeness (QED) is 0.767. The molecule has 0 radical (unpaired) electrons. The van der Waals surface area contributed by atoms with Crippen molar-refractivity contribution in [3.63, 3.8) is 0 Å². The molecule has 2 aromatic rings.